The second-order valence-corrected chi connectivity index (χ2v) is 9.88. The fraction of sp³-hybridized carbons (Fsp3) is 0.414. The highest BCUT2D eigenvalue weighted by Crippen LogP contribution is 2.34. The van der Waals surface area contributed by atoms with Crippen molar-refractivity contribution in [2.24, 2.45) is 0 Å². The normalized spacial score (nSPS) is 16.8. The summed E-state index contributed by atoms with van der Waals surface area (Å²) in [5.41, 5.74) is 5.52. The number of aromatic amines is 1. The van der Waals surface area contributed by atoms with Gasteiger partial charge < -0.3 is 4.74 Å². The molecule has 1 N–H and O–H groups in total. The van der Waals surface area contributed by atoms with Crippen LogP contribution in [0.25, 0.3) is 22.5 Å². The molecule has 0 radical (unpaired) electrons. The molecule has 9 nitrogen and oxygen atoms in total. The van der Waals surface area contributed by atoms with E-state index in [4.69, 9.17) is 4.74 Å². The molecule has 2 atom stereocenters. The Morgan fingerprint density at radius 2 is 1.89 bits per heavy atom. The lowest BCUT2D eigenvalue weighted by Crippen LogP contribution is -2.39. The largest absolute Gasteiger partial charge is 0.464 e. The molecule has 1 aliphatic heterocycles. The smallest absolute Gasteiger partial charge is 0.330 e. The molecule has 2 aromatic heterocycles. The first-order chi connectivity index (χ1) is 18.5. The third-order valence-electron chi connectivity index (χ3n) is 7.36. The SMILES string of the molecule is CCCCc1c(Cc2ccc(-c3ccccc3)c(-c3nn[nH]n3)c2)c(=O)n2n1C(C)CCC2C(=O)OCC. The van der Waals surface area contributed by atoms with Crippen LogP contribution in [0.3, 0.4) is 0 Å². The first kappa shape index (κ1) is 25.6. The van der Waals surface area contributed by atoms with E-state index in [1.165, 1.54) is 0 Å². The summed E-state index contributed by atoms with van der Waals surface area (Å²) < 4.78 is 9.11. The van der Waals surface area contributed by atoms with E-state index in [9.17, 15) is 9.59 Å². The molecule has 1 aliphatic rings. The zero-order chi connectivity index (χ0) is 26.6. The molecule has 38 heavy (non-hydrogen) atoms. The van der Waals surface area contributed by atoms with Gasteiger partial charge >= 0.3 is 5.97 Å². The van der Waals surface area contributed by atoms with Crippen molar-refractivity contribution in [1.82, 2.24) is 30.0 Å². The molecule has 4 aromatic rings. The second kappa shape index (κ2) is 11.2. The molecule has 0 spiro atoms. The van der Waals surface area contributed by atoms with Crippen molar-refractivity contribution in [3.8, 4) is 22.5 Å². The van der Waals surface area contributed by atoms with E-state index in [0.29, 0.717) is 25.3 Å². The van der Waals surface area contributed by atoms with Crippen LogP contribution in [-0.4, -0.2) is 42.6 Å². The van der Waals surface area contributed by atoms with Crippen molar-refractivity contribution in [2.45, 2.75) is 71.4 Å². The number of ether oxygens (including phenoxy) is 1. The number of hydrogen-bond acceptors (Lipinski definition) is 6. The molecular formula is C29H34N6O3. The molecule has 0 amide bonds. The quantitative estimate of drug-likeness (QED) is 0.319. The van der Waals surface area contributed by atoms with Crippen molar-refractivity contribution in [2.75, 3.05) is 6.61 Å². The van der Waals surface area contributed by atoms with Crippen LogP contribution in [0.4, 0.5) is 0 Å². The minimum absolute atomic E-state index is 0.103. The number of nitrogens with one attached hydrogen (secondary N) is 1. The van der Waals surface area contributed by atoms with Gasteiger partial charge in [0.25, 0.3) is 5.56 Å². The van der Waals surface area contributed by atoms with Crippen LogP contribution in [0, 0.1) is 0 Å². The van der Waals surface area contributed by atoms with Gasteiger partial charge in [-0.05, 0) is 67.5 Å². The van der Waals surface area contributed by atoms with Crippen molar-refractivity contribution < 1.29 is 9.53 Å². The van der Waals surface area contributed by atoms with E-state index in [2.05, 4.69) is 51.3 Å². The summed E-state index contributed by atoms with van der Waals surface area (Å²) in [5, 5.41) is 14.8. The maximum Gasteiger partial charge on any atom is 0.330 e. The number of fused-ring (bicyclic) bond motifs is 1. The highest BCUT2D eigenvalue weighted by atomic mass is 16.5. The van der Waals surface area contributed by atoms with E-state index < -0.39 is 6.04 Å². The first-order valence-corrected chi connectivity index (χ1v) is 13.5. The van der Waals surface area contributed by atoms with Gasteiger partial charge in [-0.3, -0.25) is 9.48 Å². The number of benzene rings is 2. The van der Waals surface area contributed by atoms with E-state index in [0.717, 1.165) is 59.2 Å². The Morgan fingerprint density at radius 1 is 1.08 bits per heavy atom. The number of tetrazole rings is 1. The van der Waals surface area contributed by atoms with Gasteiger partial charge in [0, 0.05) is 29.3 Å². The number of aromatic nitrogens is 6. The zero-order valence-corrected chi connectivity index (χ0v) is 22.2. The van der Waals surface area contributed by atoms with Gasteiger partial charge in [-0.1, -0.05) is 55.8 Å². The third-order valence-corrected chi connectivity index (χ3v) is 7.36. The van der Waals surface area contributed by atoms with Crippen molar-refractivity contribution >= 4 is 5.97 Å². The predicted molar refractivity (Wildman–Crippen MR) is 145 cm³/mol. The van der Waals surface area contributed by atoms with E-state index in [1.807, 2.05) is 36.4 Å². The number of rotatable bonds is 9. The number of hydrogen-bond donors (Lipinski definition) is 1. The minimum Gasteiger partial charge on any atom is -0.464 e. The molecular weight excluding hydrogens is 480 g/mol. The summed E-state index contributed by atoms with van der Waals surface area (Å²) >= 11 is 0. The Kier molecular flexibility index (Phi) is 7.53. The number of nitrogens with zero attached hydrogens (tertiary/aromatic N) is 5. The number of H-pyrrole nitrogens is 1. The van der Waals surface area contributed by atoms with Crippen LogP contribution >= 0.6 is 0 Å². The molecule has 0 fully saturated rings. The first-order valence-electron chi connectivity index (χ1n) is 13.5. The van der Waals surface area contributed by atoms with E-state index in [1.54, 1.807) is 11.6 Å². The topological polar surface area (TPSA) is 108 Å². The van der Waals surface area contributed by atoms with Gasteiger partial charge in [-0.25, -0.2) is 9.48 Å². The molecule has 5 rings (SSSR count). The summed E-state index contributed by atoms with van der Waals surface area (Å²) in [7, 11) is 0. The maximum atomic E-state index is 14.0. The minimum atomic E-state index is -0.594. The highest BCUT2D eigenvalue weighted by Gasteiger charge is 2.35. The van der Waals surface area contributed by atoms with E-state index in [-0.39, 0.29) is 17.6 Å². The average Bonchev–Trinajstić information content (AvgIpc) is 3.56. The Labute approximate surface area is 221 Å². The van der Waals surface area contributed by atoms with Crippen LogP contribution in [0.2, 0.25) is 0 Å². The Balaban J connectivity index is 1.61. The Bertz CT molecular complexity index is 1460. The highest BCUT2D eigenvalue weighted by molar-refractivity contribution is 5.81. The lowest BCUT2D eigenvalue weighted by molar-refractivity contribution is -0.149. The summed E-state index contributed by atoms with van der Waals surface area (Å²) in [5.74, 6) is 0.168. The van der Waals surface area contributed by atoms with Crippen LogP contribution in [0.1, 0.15) is 75.4 Å². The Morgan fingerprint density at radius 3 is 2.61 bits per heavy atom. The lowest BCUT2D eigenvalue weighted by Gasteiger charge is -2.31. The Hall–Kier alpha value is -4.01. The molecule has 0 aliphatic carbocycles. The molecule has 2 aromatic carbocycles. The molecule has 0 saturated heterocycles. The van der Waals surface area contributed by atoms with Crippen LogP contribution in [0.5, 0.6) is 0 Å². The van der Waals surface area contributed by atoms with Gasteiger partial charge in [0.05, 0.1) is 6.61 Å². The van der Waals surface area contributed by atoms with Crippen molar-refractivity contribution in [3.63, 3.8) is 0 Å². The molecule has 2 unspecified atom stereocenters. The number of esters is 1. The molecule has 9 heteroatoms. The summed E-state index contributed by atoms with van der Waals surface area (Å²) in [6.45, 7) is 6.36. The van der Waals surface area contributed by atoms with Gasteiger partial charge in [-0.15, -0.1) is 10.2 Å². The van der Waals surface area contributed by atoms with Crippen LogP contribution < -0.4 is 5.56 Å². The maximum absolute atomic E-state index is 14.0. The molecule has 198 valence electrons. The zero-order valence-electron chi connectivity index (χ0n) is 22.2. The summed E-state index contributed by atoms with van der Waals surface area (Å²) in [6.07, 6.45) is 4.64. The fourth-order valence-electron chi connectivity index (χ4n) is 5.52. The lowest BCUT2D eigenvalue weighted by atomic mass is 9.94. The molecule has 3 heterocycles. The van der Waals surface area contributed by atoms with Crippen LogP contribution in [-0.2, 0) is 22.4 Å². The van der Waals surface area contributed by atoms with Crippen LogP contribution in [0.15, 0.2) is 53.3 Å². The van der Waals surface area contributed by atoms with E-state index >= 15 is 0 Å². The monoisotopic (exact) mass is 514 g/mol. The van der Waals surface area contributed by atoms with Gasteiger partial charge in [0.1, 0.15) is 0 Å². The molecule has 0 bridgehead atoms. The van der Waals surface area contributed by atoms with Crippen molar-refractivity contribution in [3.05, 3.63) is 75.7 Å². The molecule has 0 saturated carbocycles. The third kappa shape index (κ3) is 4.80. The number of carbonyl (C=O) groups excluding carboxylic acids is 1. The second-order valence-electron chi connectivity index (χ2n) is 9.88. The summed E-state index contributed by atoms with van der Waals surface area (Å²) in [6, 6.07) is 15.8. The standard InChI is InChI=1S/C29H34N6O3/c1-4-6-12-25-24(28(36)35-26(29(37)38-5-2)16-13-19(3)34(25)35)18-20-14-15-22(21-10-8-7-9-11-21)23(17-20)27-30-32-33-31-27/h7-11,14-15,17,19,26H,4-6,12-13,16,18H2,1-3H3,(H,30,31,32,33). The fourth-order valence-corrected chi connectivity index (χ4v) is 5.52. The van der Waals surface area contributed by atoms with Gasteiger partial charge in [-0.2, -0.15) is 5.21 Å². The average molecular weight is 515 g/mol. The predicted octanol–water partition coefficient (Wildman–Crippen LogP) is 4.89. The summed E-state index contributed by atoms with van der Waals surface area (Å²) in [4.78, 5) is 26.8. The van der Waals surface area contributed by atoms with Gasteiger partial charge in [0.2, 0.25) is 5.82 Å². The van der Waals surface area contributed by atoms with Crippen molar-refractivity contribution in [1.29, 1.82) is 0 Å². The number of carbonyl (C=O) groups is 1. The number of unbranched alkanes of at least 4 members (excludes halogenated alkanes) is 1. The van der Waals surface area contributed by atoms with Gasteiger partial charge in [0.15, 0.2) is 6.04 Å².